The molecule has 2 nitrogen and oxygen atoms in total. The van der Waals surface area contributed by atoms with Crippen molar-refractivity contribution in [2.45, 2.75) is 31.7 Å². The lowest BCUT2D eigenvalue weighted by molar-refractivity contribution is -0.119. The highest BCUT2D eigenvalue weighted by molar-refractivity contribution is 5.80. The van der Waals surface area contributed by atoms with Crippen molar-refractivity contribution in [3.8, 4) is 0 Å². The molecule has 2 aromatic rings. The van der Waals surface area contributed by atoms with E-state index in [2.05, 4.69) is 17.4 Å². The van der Waals surface area contributed by atoms with Crippen molar-refractivity contribution in [1.29, 1.82) is 0 Å². The number of rotatable bonds is 3. The van der Waals surface area contributed by atoms with Gasteiger partial charge in [0.25, 0.3) is 0 Å². The summed E-state index contributed by atoms with van der Waals surface area (Å²) < 4.78 is 13.5. The first-order valence-electron chi connectivity index (χ1n) is 7.23. The zero-order valence-corrected chi connectivity index (χ0v) is 12.0. The summed E-state index contributed by atoms with van der Waals surface area (Å²) in [5.41, 5.74) is 3.16. The first-order valence-corrected chi connectivity index (χ1v) is 7.23. The fourth-order valence-electron chi connectivity index (χ4n) is 3.11. The zero-order valence-electron chi connectivity index (χ0n) is 12.0. The van der Waals surface area contributed by atoms with Crippen LogP contribution < -0.4 is 5.32 Å². The maximum atomic E-state index is 13.5. The number of amides is 1. The molecule has 1 saturated heterocycles. The molecule has 1 fully saturated rings. The SMILES string of the molecule is Cc1ccc(F)cc1C1CC(=O)NC1Cc1ccccc1. The standard InChI is InChI=1S/C18H18FNO/c1-12-7-8-14(19)10-15(12)16-11-18(21)20-17(16)9-13-5-3-2-4-6-13/h2-8,10,16-17H,9,11H2,1H3,(H,20,21). The maximum absolute atomic E-state index is 13.5. The number of aryl methyl sites for hydroxylation is 1. The molecule has 0 aliphatic carbocycles. The van der Waals surface area contributed by atoms with Crippen LogP contribution in [-0.2, 0) is 11.2 Å². The molecule has 3 heteroatoms. The highest BCUT2D eigenvalue weighted by Crippen LogP contribution is 2.32. The molecule has 1 aliphatic rings. The Hall–Kier alpha value is -2.16. The molecule has 108 valence electrons. The van der Waals surface area contributed by atoms with Crippen LogP contribution in [-0.4, -0.2) is 11.9 Å². The average Bonchev–Trinajstić information content (AvgIpc) is 2.83. The summed E-state index contributed by atoms with van der Waals surface area (Å²) in [5.74, 6) is -0.161. The molecule has 2 atom stereocenters. The van der Waals surface area contributed by atoms with Crippen LogP contribution in [0.5, 0.6) is 0 Å². The van der Waals surface area contributed by atoms with Gasteiger partial charge in [-0.15, -0.1) is 0 Å². The van der Waals surface area contributed by atoms with Crippen LogP contribution in [0.25, 0.3) is 0 Å². The van der Waals surface area contributed by atoms with Gasteiger partial charge in [-0.05, 0) is 42.2 Å². The molecule has 0 radical (unpaired) electrons. The van der Waals surface area contributed by atoms with Crippen LogP contribution in [0.1, 0.15) is 29.0 Å². The Kier molecular flexibility index (Phi) is 3.74. The third kappa shape index (κ3) is 2.97. The Morgan fingerprint density at radius 3 is 2.71 bits per heavy atom. The fourth-order valence-corrected chi connectivity index (χ4v) is 3.11. The first-order chi connectivity index (χ1) is 10.1. The molecule has 21 heavy (non-hydrogen) atoms. The summed E-state index contributed by atoms with van der Waals surface area (Å²) in [4.78, 5) is 11.8. The molecule has 1 amide bonds. The molecule has 1 N–H and O–H groups in total. The number of hydrogen-bond acceptors (Lipinski definition) is 1. The number of hydrogen-bond donors (Lipinski definition) is 1. The van der Waals surface area contributed by atoms with Crippen molar-refractivity contribution < 1.29 is 9.18 Å². The minimum absolute atomic E-state index is 0.0281. The Balaban J connectivity index is 1.89. The molecule has 0 spiro atoms. The van der Waals surface area contributed by atoms with Crippen molar-refractivity contribution >= 4 is 5.91 Å². The average molecular weight is 283 g/mol. The third-order valence-corrected chi connectivity index (χ3v) is 4.18. The van der Waals surface area contributed by atoms with Gasteiger partial charge in [0.15, 0.2) is 0 Å². The van der Waals surface area contributed by atoms with Gasteiger partial charge < -0.3 is 5.32 Å². The predicted molar refractivity (Wildman–Crippen MR) is 80.6 cm³/mol. The zero-order chi connectivity index (χ0) is 14.8. The number of carbonyl (C=O) groups excluding carboxylic acids is 1. The Bertz CT molecular complexity index is 654. The molecular weight excluding hydrogens is 265 g/mol. The molecule has 3 rings (SSSR count). The van der Waals surface area contributed by atoms with E-state index in [1.807, 2.05) is 25.1 Å². The number of halogens is 1. The van der Waals surface area contributed by atoms with Crippen LogP contribution >= 0.6 is 0 Å². The minimum atomic E-state index is -0.242. The van der Waals surface area contributed by atoms with Crippen molar-refractivity contribution in [2.24, 2.45) is 0 Å². The smallest absolute Gasteiger partial charge is 0.220 e. The lowest BCUT2D eigenvalue weighted by Gasteiger charge is -2.21. The summed E-state index contributed by atoms with van der Waals surface area (Å²) in [5, 5.41) is 3.04. The van der Waals surface area contributed by atoms with Gasteiger partial charge in [0.1, 0.15) is 5.82 Å². The summed E-state index contributed by atoms with van der Waals surface area (Å²) in [7, 11) is 0. The van der Waals surface area contributed by atoms with E-state index in [4.69, 9.17) is 0 Å². The molecule has 0 bridgehead atoms. The van der Waals surface area contributed by atoms with Gasteiger partial charge in [-0.2, -0.15) is 0 Å². The topological polar surface area (TPSA) is 29.1 Å². The van der Waals surface area contributed by atoms with Crippen LogP contribution in [0.15, 0.2) is 48.5 Å². The van der Waals surface area contributed by atoms with E-state index in [1.165, 1.54) is 11.6 Å². The van der Waals surface area contributed by atoms with Gasteiger partial charge in [-0.3, -0.25) is 4.79 Å². The highest BCUT2D eigenvalue weighted by atomic mass is 19.1. The van der Waals surface area contributed by atoms with Gasteiger partial charge in [-0.1, -0.05) is 36.4 Å². The van der Waals surface area contributed by atoms with Gasteiger partial charge in [-0.25, -0.2) is 4.39 Å². The van der Waals surface area contributed by atoms with Gasteiger partial charge in [0.2, 0.25) is 5.91 Å². The van der Waals surface area contributed by atoms with E-state index in [9.17, 15) is 9.18 Å². The summed E-state index contributed by atoms with van der Waals surface area (Å²) in [6.07, 6.45) is 1.20. The van der Waals surface area contributed by atoms with E-state index in [1.54, 1.807) is 12.1 Å². The molecular formula is C18H18FNO. The normalized spacial score (nSPS) is 21.3. The van der Waals surface area contributed by atoms with E-state index in [0.29, 0.717) is 6.42 Å². The van der Waals surface area contributed by atoms with Crippen LogP contribution in [0.2, 0.25) is 0 Å². The van der Waals surface area contributed by atoms with E-state index in [-0.39, 0.29) is 23.7 Å². The summed E-state index contributed by atoms with van der Waals surface area (Å²) in [6, 6.07) is 14.9. The second kappa shape index (κ2) is 5.68. The maximum Gasteiger partial charge on any atom is 0.220 e. The summed E-state index contributed by atoms with van der Waals surface area (Å²) >= 11 is 0. The van der Waals surface area contributed by atoms with Gasteiger partial charge in [0, 0.05) is 18.4 Å². The lowest BCUT2D eigenvalue weighted by atomic mass is 9.86. The summed E-state index contributed by atoms with van der Waals surface area (Å²) in [6.45, 7) is 1.97. The minimum Gasteiger partial charge on any atom is -0.352 e. The van der Waals surface area contributed by atoms with Crippen molar-refractivity contribution in [3.05, 3.63) is 71.0 Å². The van der Waals surface area contributed by atoms with Crippen molar-refractivity contribution in [2.75, 3.05) is 0 Å². The molecule has 0 aromatic heterocycles. The van der Waals surface area contributed by atoms with Gasteiger partial charge in [0.05, 0.1) is 0 Å². The second-order valence-electron chi connectivity index (χ2n) is 5.68. The monoisotopic (exact) mass is 283 g/mol. The van der Waals surface area contributed by atoms with E-state index in [0.717, 1.165) is 17.5 Å². The van der Waals surface area contributed by atoms with Crippen LogP contribution in [0, 0.1) is 12.7 Å². The van der Waals surface area contributed by atoms with Crippen LogP contribution in [0.4, 0.5) is 4.39 Å². The second-order valence-corrected chi connectivity index (χ2v) is 5.68. The third-order valence-electron chi connectivity index (χ3n) is 4.18. The Morgan fingerprint density at radius 1 is 1.19 bits per heavy atom. The molecule has 1 heterocycles. The largest absolute Gasteiger partial charge is 0.352 e. The number of carbonyl (C=O) groups is 1. The predicted octanol–water partition coefficient (Wildman–Crippen LogP) is 3.35. The Morgan fingerprint density at radius 2 is 1.95 bits per heavy atom. The Labute approximate surface area is 124 Å². The number of nitrogens with one attached hydrogen (secondary N) is 1. The van der Waals surface area contributed by atoms with Crippen LogP contribution in [0.3, 0.4) is 0 Å². The van der Waals surface area contributed by atoms with Gasteiger partial charge >= 0.3 is 0 Å². The van der Waals surface area contributed by atoms with Crippen molar-refractivity contribution in [3.63, 3.8) is 0 Å². The molecule has 0 saturated carbocycles. The van der Waals surface area contributed by atoms with Crippen molar-refractivity contribution in [1.82, 2.24) is 5.32 Å². The van der Waals surface area contributed by atoms with E-state index < -0.39 is 0 Å². The highest BCUT2D eigenvalue weighted by Gasteiger charge is 2.34. The molecule has 1 aliphatic heterocycles. The molecule has 2 unspecified atom stereocenters. The first kappa shape index (κ1) is 13.8. The lowest BCUT2D eigenvalue weighted by Crippen LogP contribution is -2.30. The fraction of sp³-hybridized carbons (Fsp3) is 0.278. The molecule has 2 aromatic carbocycles. The van der Waals surface area contributed by atoms with E-state index >= 15 is 0 Å². The number of benzene rings is 2. The quantitative estimate of drug-likeness (QED) is 0.919.